The highest BCUT2D eigenvalue weighted by atomic mass is 19.1. The van der Waals surface area contributed by atoms with Gasteiger partial charge in [-0.1, -0.05) is 17.3 Å². The van der Waals surface area contributed by atoms with Gasteiger partial charge in [0.25, 0.3) is 5.91 Å². The minimum Gasteiger partial charge on any atom is -0.361 e. The van der Waals surface area contributed by atoms with Crippen LogP contribution in [0.5, 0.6) is 0 Å². The first kappa shape index (κ1) is 22.9. The zero-order valence-corrected chi connectivity index (χ0v) is 17.6. The number of aromatic nitrogens is 1. The van der Waals surface area contributed by atoms with Gasteiger partial charge in [-0.05, 0) is 43.9 Å². The largest absolute Gasteiger partial charge is 0.361 e. The number of halogens is 1. The van der Waals surface area contributed by atoms with Crippen LogP contribution in [-0.2, 0) is 16.0 Å². The third-order valence-electron chi connectivity index (χ3n) is 5.23. The predicted molar refractivity (Wildman–Crippen MR) is 110 cm³/mol. The van der Waals surface area contributed by atoms with Crippen molar-refractivity contribution in [3.05, 3.63) is 53.2 Å². The van der Waals surface area contributed by atoms with Gasteiger partial charge in [0, 0.05) is 24.9 Å². The van der Waals surface area contributed by atoms with Crippen LogP contribution in [0.1, 0.15) is 41.1 Å². The number of carbonyl (C=O) groups is 3. The van der Waals surface area contributed by atoms with Crippen molar-refractivity contribution in [3.63, 3.8) is 0 Å². The number of nitriles is 1. The van der Waals surface area contributed by atoms with Crippen LogP contribution in [-0.4, -0.2) is 41.5 Å². The Balaban J connectivity index is 1.72. The van der Waals surface area contributed by atoms with Gasteiger partial charge in [-0.25, -0.2) is 4.39 Å². The molecule has 1 aliphatic rings. The number of aryl methyl sites for hydroxylation is 1. The molecule has 1 saturated heterocycles. The Morgan fingerprint density at radius 1 is 1.34 bits per heavy atom. The molecule has 3 atom stereocenters. The fourth-order valence-electron chi connectivity index (χ4n) is 3.53. The number of piperidine rings is 1. The van der Waals surface area contributed by atoms with Crippen molar-refractivity contribution in [2.45, 2.75) is 44.7 Å². The maximum Gasteiger partial charge on any atom is 0.274 e. The molecule has 3 amide bonds. The molecule has 1 aliphatic heterocycles. The molecule has 168 valence electrons. The van der Waals surface area contributed by atoms with E-state index >= 15 is 0 Å². The molecule has 1 fully saturated rings. The van der Waals surface area contributed by atoms with Crippen molar-refractivity contribution in [3.8, 4) is 6.07 Å². The van der Waals surface area contributed by atoms with Crippen LogP contribution in [0.15, 0.2) is 34.9 Å². The SMILES string of the molecule is Cc1cc(C(=O)N[C@@H](Cc2ccc(F)cc2)C(=O)N[C@H](C#N)C[C@@H]2CCCNC2=O)no1. The molecular formula is C22H24FN5O4. The van der Waals surface area contributed by atoms with E-state index < -0.39 is 29.7 Å². The van der Waals surface area contributed by atoms with Crippen LogP contribution in [0.25, 0.3) is 0 Å². The van der Waals surface area contributed by atoms with Gasteiger partial charge in [0.15, 0.2) is 5.69 Å². The van der Waals surface area contributed by atoms with Gasteiger partial charge >= 0.3 is 0 Å². The molecular weight excluding hydrogens is 417 g/mol. The fourth-order valence-corrected chi connectivity index (χ4v) is 3.53. The van der Waals surface area contributed by atoms with Gasteiger partial charge in [0.1, 0.15) is 23.7 Å². The van der Waals surface area contributed by atoms with Gasteiger partial charge in [-0.15, -0.1) is 0 Å². The van der Waals surface area contributed by atoms with Crippen molar-refractivity contribution in [2.24, 2.45) is 5.92 Å². The quantitative estimate of drug-likeness (QED) is 0.566. The van der Waals surface area contributed by atoms with E-state index in [1.165, 1.54) is 30.3 Å². The van der Waals surface area contributed by atoms with Gasteiger partial charge in [0.2, 0.25) is 11.8 Å². The van der Waals surface area contributed by atoms with E-state index in [9.17, 15) is 24.0 Å². The van der Waals surface area contributed by atoms with Gasteiger partial charge in [0.05, 0.1) is 6.07 Å². The van der Waals surface area contributed by atoms with Crippen LogP contribution in [0.4, 0.5) is 4.39 Å². The summed E-state index contributed by atoms with van der Waals surface area (Å²) in [4.78, 5) is 37.5. The first-order valence-electron chi connectivity index (χ1n) is 10.3. The lowest BCUT2D eigenvalue weighted by Gasteiger charge is -2.25. The summed E-state index contributed by atoms with van der Waals surface area (Å²) in [6.45, 7) is 2.23. The highest BCUT2D eigenvalue weighted by Gasteiger charge is 2.29. The van der Waals surface area contributed by atoms with Crippen molar-refractivity contribution in [1.82, 2.24) is 21.1 Å². The van der Waals surface area contributed by atoms with Gasteiger partial charge in [-0.3, -0.25) is 14.4 Å². The molecule has 10 heteroatoms. The number of hydrogen-bond acceptors (Lipinski definition) is 6. The molecule has 0 unspecified atom stereocenters. The van der Waals surface area contributed by atoms with E-state index in [0.717, 1.165) is 6.42 Å². The lowest BCUT2D eigenvalue weighted by atomic mass is 9.92. The summed E-state index contributed by atoms with van der Waals surface area (Å²) in [6, 6.07) is 7.02. The maximum atomic E-state index is 13.3. The van der Waals surface area contributed by atoms with E-state index in [1.54, 1.807) is 6.92 Å². The second-order valence-corrected chi connectivity index (χ2v) is 7.74. The minimum atomic E-state index is -1.05. The Hall–Kier alpha value is -3.74. The van der Waals surface area contributed by atoms with Crippen molar-refractivity contribution < 1.29 is 23.3 Å². The standard InChI is InChI=1S/C22H24FN5O4/c1-13-9-19(28-32-13)22(31)27-18(10-14-4-6-16(23)7-5-14)21(30)26-17(12-24)11-15-3-2-8-25-20(15)29/h4-7,9,15,17-18H,2-3,8,10-11H2,1H3,(H,25,29)(H,26,30)(H,27,31)/t15-,17-,18-/m0/s1. The first-order valence-corrected chi connectivity index (χ1v) is 10.3. The Labute approximate surface area is 184 Å². The molecule has 9 nitrogen and oxygen atoms in total. The maximum absolute atomic E-state index is 13.3. The monoisotopic (exact) mass is 441 g/mol. The van der Waals surface area contributed by atoms with Crippen LogP contribution in [0.3, 0.4) is 0 Å². The van der Waals surface area contributed by atoms with Crippen LogP contribution in [0.2, 0.25) is 0 Å². The third kappa shape index (κ3) is 6.14. The Morgan fingerprint density at radius 3 is 2.72 bits per heavy atom. The summed E-state index contributed by atoms with van der Waals surface area (Å²) >= 11 is 0. The molecule has 1 aromatic heterocycles. The summed E-state index contributed by atoms with van der Waals surface area (Å²) < 4.78 is 18.2. The molecule has 0 bridgehead atoms. The number of nitrogens with one attached hydrogen (secondary N) is 3. The van der Waals surface area contributed by atoms with Crippen LogP contribution >= 0.6 is 0 Å². The molecule has 3 N–H and O–H groups in total. The second kappa shape index (κ2) is 10.5. The highest BCUT2D eigenvalue weighted by molar-refractivity contribution is 5.96. The molecule has 2 heterocycles. The minimum absolute atomic E-state index is 0.00937. The number of benzene rings is 1. The summed E-state index contributed by atoms with van der Waals surface area (Å²) in [5.74, 6) is -1.70. The van der Waals surface area contributed by atoms with Crippen LogP contribution < -0.4 is 16.0 Å². The summed E-state index contributed by atoms with van der Waals surface area (Å²) in [5.41, 5.74) is 0.624. The van der Waals surface area contributed by atoms with E-state index in [4.69, 9.17) is 4.52 Å². The highest BCUT2D eigenvalue weighted by Crippen LogP contribution is 2.17. The normalized spacial score (nSPS) is 17.5. The lowest BCUT2D eigenvalue weighted by Crippen LogP contribution is -2.51. The van der Waals surface area contributed by atoms with Gasteiger partial charge in [-0.2, -0.15) is 5.26 Å². The number of nitrogens with zero attached hydrogens (tertiary/aromatic N) is 2. The van der Waals surface area contributed by atoms with E-state index in [-0.39, 0.29) is 30.4 Å². The second-order valence-electron chi connectivity index (χ2n) is 7.74. The molecule has 32 heavy (non-hydrogen) atoms. The lowest BCUT2D eigenvalue weighted by molar-refractivity contribution is -0.128. The topological polar surface area (TPSA) is 137 Å². The average Bonchev–Trinajstić information content (AvgIpc) is 3.22. The predicted octanol–water partition coefficient (Wildman–Crippen LogP) is 1.39. The summed E-state index contributed by atoms with van der Waals surface area (Å²) in [6.07, 6.45) is 1.69. The number of hydrogen-bond donors (Lipinski definition) is 3. The number of rotatable bonds is 8. The van der Waals surface area contributed by atoms with Crippen molar-refractivity contribution >= 4 is 17.7 Å². The smallest absolute Gasteiger partial charge is 0.274 e. The molecule has 3 rings (SSSR count). The van der Waals surface area contributed by atoms with Gasteiger partial charge < -0.3 is 20.5 Å². The number of carbonyl (C=O) groups excluding carboxylic acids is 3. The fraction of sp³-hybridized carbons (Fsp3) is 0.409. The van der Waals surface area contributed by atoms with E-state index in [2.05, 4.69) is 21.1 Å². The zero-order valence-electron chi connectivity index (χ0n) is 17.6. The Bertz CT molecular complexity index is 1010. The first-order chi connectivity index (χ1) is 15.4. The average molecular weight is 441 g/mol. The number of amides is 3. The molecule has 0 spiro atoms. The third-order valence-corrected chi connectivity index (χ3v) is 5.23. The molecule has 0 aliphatic carbocycles. The molecule has 2 aromatic rings. The molecule has 1 aromatic carbocycles. The zero-order chi connectivity index (χ0) is 23.1. The van der Waals surface area contributed by atoms with Crippen molar-refractivity contribution in [2.75, 3.05) is 6.54 Å². The molecule has 0 radical (unpaired) electrons. The summed E-state index contributed by atoms with van der Waals surface area (Å²) in [5, 5.41) is 21.1. The summed E-state index contributed by atoms with van der Waals surface area (Å²) in [7, 11) is 0. The van der Waals surface area contributed by atoms with E-state index in [1.807, 2.05) is 6.07 Å². The Morgan fingerprint density at radius 2 is 2.09 bits per heavy atom. The van der Waals surface area contributed by atoms with E-state index in [0.29, 0.717) is 24.3 Å². The van der Waals surface area contributed by atoms with Crippen LogP contribution in [0, 0.1) is 30.0 Å². The molecule has 0 saturated carbocycles. The van der Waals surface area contributed by atoms with Crippen molar-refractivity contribution in [1.29, 1.82) is 5.26 Å². The Kier molecular flexibility index (Phi) is 7.54.